The molecule has 1 aromatic carbocycles. The number of carboxylic acid groups (broad SMARTS) is 1. The van der Waals surface area contributed by atoms with Crippen molar-refractivity contribution < 1.29 is 14.7 Å². The fraction of sp³-hybridized carbons (Fsp3) is 0.429. The number of rotatable bonds is 6. The molecule has 0 fully saturated rings. The third kappa shape index (κ3) is 3.54. The molecule has 0 spiro atoms. The molecule has 104 valence electrons. The minimum Gasteiger partial charge on any atom is -0.478 e. The van der Waals surface area contributed by atoms with Crippen LogP contribution in [0.15, 0.2) is 24.3 Å². The Hall–Kier alpha value is -1.88. The molecule has 1 atom stereocenters. The van der Waals surface area contributed by atoms with E-state index in [1.54, 1.807) is 25.2 Å². The molecule has 0 aliphatic carbocycles. The lowest BCUT2D eigenvalue weighted by molar-refractivity contribution is -0.122. The van der Waals surface area contributed by atoms with Crippen LogP contribution in [0.5, 0.6) is 0 Å². The number of carboxylic acids is 1. The fourth-order valence-electron chi connectivity index (χ4n) is 2.03. The Balaban J connectivity index is 3.02. The van der Waals surface area contributed by atoms with Crippen LogP contribution in [0, 0.1) is 5.92 Å². The molecule has 0 saturated carbocycles. The molecule has 0 saturated heterocycles. The largest absolute Gasteiger partial charge is 0.478 e. The second-order valence-corrected chi connectivity index (χ2v) is 4.44. The van der Waals surface area contributed by atoms with Gasteiger partial charge in [0.15, 0.2) is 0 Å². The minimum absolute atomic E-state index is 0.116. The number of amides is 1. The maximum absolute atomic E-state index is 12.3. The Bertz CT molecular complexity index is 460. The van der Waals surface area contributed by atoms with Crippen molar-refractivity contribution in [2.24, 2.45) is 11.7 Å². The zero-order chi connectivity index (χ0) is 14.4. The number of aromatic carboxylic acids is 1. The molecule has 5 heteroatoms. The van der Waals surface area contributed by atoms with Crippen molar-refractivity contribution in [2.45, 2.75) is 19.8 Å². The summed E-state index contributed by atoms with van der Waals surface area (Å²) in [4.78, 5) is 24.8. The van der Waals surface area contributed by atoms with Gasteiger partial charge >= 0.3 is 5.97 Å². The van der Waals surface area contributed by atoms with Crippen LogP contribution in [0.4, 0.5) is 5.69 Å². The second kappa shape index (κ2) is 6.89. The monoisotopic (exact) mass is 264 g/mol. The molecule has 3 N–H and O–H groups in total. The summed E-state index contributed by atoms with van der Waals surface area (Å²) in [5, 5.41) is 9.13. The lowest BCUT2D eigenvalue weighted by Gasteiger charge is -2.24. The third-order valence-electron chi connectivity index (χ3n) is 3.10. The number of para-hydroxylation sites is 1. The third-order valence-corrected chi connectivity index (χ3v) is 3.10. The van der Waals surface area contributed by atoms with Crippen LogP contribution >= 0.6 is 0 Å². The first-order valence-corrected chi connectivity index (χ1v) is 6.32. The maximum Gasteiger partial charge on any atom is 0.337 e. The fourth-order valence-corrected chi connectivity index (χ4v) is 2.03. The van der Waals surface area contributed by atoms with Crippen LogP contribution in [-0.2, 0) is 4.79 Å². The number of carbonyl (C=O) groups excluding carboxylic acids is 1. The summed E-state index contributed by atoms with van der Waals surface area (Å²) < 4.78 is 0. The van der Waals surface area contributed by atoms with Crippen molar-refractivity contribution in [3.63, 3.8) is 0 Å². The Morgan fingerprint density at radius 3 is 2.53 bits per heavy atom. The summed E-state index contributed by atoms with van der Waals surface area (Å²) >= 11 is 0. The van der Waals surface area contributed by atoms with E-state index >= 15 is 0 Å². The van der Waals surface area contributed by atoms with Crippen LogP contribution in [0.3, 0.4) is 0 Å². The number of carbonyl (C=O) groups is 2. The highest BCUT2D eigenvalue weighted by molar-refractivity contribution is 6.02. The van der Waals surface area contributed by atoms with Crippen LogP contribution in [-0.4, -0.2) is 30.6 Å². The molecule has 0 aliphatic rings. The van der Waals surface area contributed by atoms with E-state index in [0.29, 0.717) is 12.1 Å². The molecular weight excluding hydrogens is 244 g/mol. The average molecular weight is 264 g/mol. The van der Waals surface area contributed by atoms with Crippen LogP contribution in [0.2, 0.25) is 0 Å². The quantitative estimate of drug-likeness (QED) is 0.819. The smallest absolute Gasteiger partial charge is 0.337 e. The molecule has 0 aliphatic heterocycles. The predicted octanol–water partition coefficient (Wildman–Crippen LogP) is 1.72. The SMILES string of the molecule is CCCC(CN)C(=O)N(C)c1ccccc1C(=O)O. The van der Waals surface area contributed by atoms with Gasteiger partial charge in [0.05, 0.1) is 17.2 Å². The first kappa shape index (κ1) is 15.2. The van der Waals surface area contributed by atoms with Crippen molar-refractivity contribution in [1.82, 2.24) is 0 Å². The lowest BCUT2D eigenvalue weighted by Crippen LogP contribution is -2.37. The lowest BCUT2D eigenvalue weighted by atomic mass is 10.0. The van der Waals surface area contributed by atoms with E-state index in [1.165, 1.54) is 11.0 Å². The van der Waals surface area contributed by atoms with E-state index < -0.39 is 5.97 Å². The number of hydrogen-bond acceptors (Lipinski definition) is 3. The van der Waals surface area contributed by atoms with Crippen molar-refractivity contribution in [1.29, 1.82) is 0 Å². The first-order chi connectivity index (χ1) is 9.02. The molecule has 0 heterocycles. The summed E-state index contributed by atoms with van der Waals surface area (Å²) in [6, 6.07) is 6.46. The molecule has 1 rings (SSSR count). The van der Waals surface area contributed by atoms with Gasteiger partial charge in [-0.15, -0.1) is 0 Å². The Kier molecular flexibility index (Phi) is 5.51. The zero-order valence-electron chi connectivity index (χ0n) is 11.3. The number of nitrogens with two attached hydrogens (primary N) is 1. The molecule has 1 aromatic rings. The molecule has 1 unspecified atom stereocenters. The van der Waals surface area contributed by atoms with E-state index in [1.807, 2.05) is 6.92 Å². The minimum atomic E-state index is -1.05. The van der Waals surface area contributed by atoms with Crippen molar-refractivity contribution in [3.05, 3.63) is 29.8 Å². The number of benzene rings is 1. The summed E-state index contributed by atoms with van der Waals surface area (Å²) in [5.41, 5.74) is 6.12. The molecule has 0 bridgehead atoms. The van der Waals surface area contributed by atoms with E-state index in [9.17, 15) is 9.59 Å². The zero-order valence-corrected chi connectivity index (χ0v) is 11.3. The molecule has 1 amide bonds. The highest BCUT2D eigenvalue weighted by Gasteiger charge is 2.23. The summed E-state index contributed by atoms with van der Waals surface area (Å²) in [7, 11) is 1.59. The topological polar surface area (TPSA) is 83.6 Å². The maximum atomic E-state index is 12.3. The van der Waals surface area contributed by atoms with Crippen molar-refractivity contribution >= 4 is 17.6 Å². The van der Waals surface area contributed by atoms with Gasteiger partial charge in [-0.1, -0.05) is 25.5 Å². The van der Waals surface area contributed by atoms with Gasteiger partial charge in [0.1, 0.15) is 0 Å². The highest BCUT2D eigenvalue weighted by Crippen LogP contribution is 2.21. The number of anilines is 1. The van der Waals surface area contributed by atoms with Gasteiger partial charge in [-0.2, -0.15) is 0 Å². The molecule has 0 radical (unpaired) electrons. The van der Waals surface area contributed by atoms with Gasteiger partial charge in [0, 0.05) is 13.6 Å². The Labute approximate surface area is 113 Å². The number of hydrogen-bond donors (Lipinski definition) is 2. The van der Waals surface area contributed by atoms with Gasteiger partial charge in [-0.25, -0.2) is 4.79 Å². The van der Waals surface area contributed by atoms with Crippen molar-refractivity contribution in [2.75, 3.05) is 18.5 Å². The molecule has 0 aromatic heterocycles. The van der Waals surface area contributed by atoms with Gasteiger partial charge in [-0.3, -0.25) is 4.79 Å². The normalized spacial score (nSPS) is 11.9. The van der Waals surface area contributed by atoms with Gasteiger partial charge in [0.25, 0.3) is 0 Å². The summed E-state index contributed by atoms with van der Waals surface area (Å²) in [6.45, 7) is 2.26. The second-order valence-electron chi connectivity index (χ2n) is 4.44. The first-order valence-electron chi connectivity index (χ1n) is 6.32. The Morgan fingerprint density at radius 2 is 2.00 bits per heavy atom. The highest BCUT2D eigenvalue weighted by atomic mass is 16.4. The van der Waals surface area contributed by atoms with E-state index in [2.05, 4.69) is 0 Å². The Morgan fingerprint density at radius 1 is 1.37 bits per heavy atom. The van der Waals surface area contributed by atoms with Gasteiger partial charge in [-0.05, 0) is 18.6 Å². The van der Waals surface area contributed by atoms with Crippen molar-refractivity contribution in [3.8, 4) is 0 Å². The van der Waals surface area contributed by atoms with Crippen LogP contribution in [0.25, 0.3) is 0 Å². The van der Waals surface area contributed by atoms with Crippen LogP contribution in [0.1, 0.15) is 30.1 Å². The summed E-state index contributed by atoms with van der Waals surface area (Å²) in [6.07, 6.45) is 1.57. The molecule has 5 nitrogen and oxygen atoms in total. The molecular formula is C14H20N2O3. The van der Waals surface area contributed by atoms with E-state index in [0.717, 1.165) is 6.42 Å². The summed E-state index contributed by atoms with van der Waals surface area (Å²) in [5.74, 6) is -1.45. The van der Waals surface area contributed by atoms with Gasteiger partial charge < -0.3 is 15.7 Å². The molecule has 19 heavy (non-hydrogen) atoms. The van der Waals surface area contributed by atoms with Gasteiger partial charge in [0.2, 0.25) is 5.91 Å². The van der Waals surface area contributed by atoms with Crippen LogP contribution < -0.4 is 10.6 Å². The van der Waals surface area contributed by atoms with E-state index in [4.69, 9.17) is 10.8 Å². The van der Waals surface area contributed by atoms with E-state index in [-0.39, 0.29) is 23.9 Å². The number of nitrogens with zero attached hydrogens (tertiary/aromatic N) is 1. The average Bonchev–Trinajstić information content (AvgIpc) is 2.43. The predicted molar refractivity (Wildman–Crippen MR) is 74.3 cm³/mol. The standard InChI is InChI=1S/C14H20N2O3/c1-3-6-10(9-15)13(17)16(2)12-8-5-4-7-11(12)14(18)19/h4-5,7-8,10H,3,6,9,15H2,1-2H3,(H,18,19).